The van der Waals surface area contributed by atoms with E-state index in [0.29, 0.717) is 16.3 Å². The molecule has 0 unspecified atom stereocenters. The van der Waals surface area contributed by atoms with E-state index in [1.807, 2.05) is 13.0 Å². The maximum absolute atomic E-state index is 13.4. The number of amides is 1. The van der Waals surface area contributed by atoms with Crippen LogP contribution < -0.4 is 20.1 Å². The van der Waals surface area contributed by atoms with Gasteiger partial charge in [-0.1, -0.05) is 6.92 Å². The third-order valence-corrected chi connectivity index (χ3v) is 5.85. The van der Waals surface area contributed by atoms with Gasteiger partial charge in [0.25, 0.3) is 5.91 Å². The smallest absolute Gasteiger partial charge is 0.395 e. The zero-order chi connectivity index (χ0) is 21.5. The Morgan fingerprint density at radius 2 is 1.93 bits per heavy atom. The van der Waals surface area contributed by atoms with E-state index in [9.17, 15) is 18.8 Å². The van der Waals surface area contributed by atoms with Crippen molar-refractivity contribution < 1.29 is 23.0 Å². The lowest BCUT2D eigenvalue weighted by Crippen LogP contribution is -2.25. The van der Waals surface area contributed by atoms with Crippen molar-refractivity contribution in [3.05, 3.63) is 35.7 Å². The van der Waals surface area contributed by atoms with Crippen LogP contribution in [-0.2, 0) is 5.41 Å². The highest BCUT2D eigenvalue weighted by Crippen LogP contribution is 2.48. The average Bonchev–Trinajstić information content (AvgIpc) is 3.45. The second-order valence-electron chi connectivity index (χ2n) is 6.91. The third kappa shape index (κ3) is 3.61. The van der Waals surface area contributed by atoms with Gasteiger partial charge in [-0.3, -0.25) is 4.79 Å². The van der Waals surface area contributed by atoms with Crippen LogP contribution in [0.5, 0.6) is 11.5 Å². The van der Waals surface area contributed by atoms with Gasteiger partial charge in [-0.05, 0) is 30.2 Å². The molecule has 7 nitrogen and oxygen atoms in total. The molecular weight excluding hydrogens is 414 g/mol. The third-order valence-electron chi connectivity index (χ3n) is 4.94. The van der Waals surface area contributed by atoms with Crippen LogP contribution in [0.25, 0.3) is 0 Å². The number of nitriles is 1. The lowest BCUT2D eigenvalue weighted by molar-refractivity contribution is -0.286. The standard InChI is InChI=1S/C20H18F2N4O3S/c1-3-30-16-6-11(19(10-23)4-5-19)9-25-17(16)18(27)26-13-8-15-14(7-12(13)24-2)28-20(21,22)29-15/h6-9,24H,3-5H2,1-2H3,(H,26,27). The fourth-order valence-corrected chi connectivity index (χ4v) is 4.02. The van der Waals surface area contributed by atoms with Gasteiger partial charge in [0.2, 0.25) is 0 Å². The molecule has 2 aliphatic rings. The summed E-state index contributed by atoms with van der Waals surface area (Å²) < 4.78 is 35.6. The van der Waals surface area contributed by atoms with Crippen molar-refractivity contribution in [2.75, 3.05) is 23.4 Å². The molecule has 1 fully saturated rings. The first kappa shape index (κ1) is 20.2. The number of nitrogens with one attached hydrogen (secondary N) is 2. The lowest BCUT2D eigenvalue weighted by Gasteiger charge is -2.14. The number of halogens is 2. The van der Waals surface area contributed by atoms with Crippen molar-refractivity contribution in [2.24, 2.45) is 0 Å². The Labute approximate surface area is 175 Å². The van der Waals surface area contributed by atoms with Crippen molar-refractivity contribution in [3.8, 4) is 17.6 Å². The average molecular weight is 432 g/mol. The van der Waals surface area contributed by atoms with Crippen LogP contribution in [-0.4, -0.2) is 30.0 Å². The highest BCUT2D eigenvalue weighted by molar-refractivity contribution is 7.99. The highest BCUT2D eigenvalue weighted by atomic mass is 32.2. The summed E-state index contributed by atoms with van der Waals surface area (Å²) in [6, 6.07) is 6.77. The van der Waals surface area contributed by atoms with Crippen LogP contribution in [0.15, 0.2) is 29.3 Å². The van der Waals surface area contributed by atoms with Crippen molar-refractivity contribution in [1.29, 1.82) is 5.26 Å². The normalized spacial score (nSPS) is 17.2. The molecular formula is C20H18F2N4O3S. The van der Waals surface area contributed by atoms with Gasteiger partial charge in [0.1, 0.15) is 5.69 Å². The first-order valence-corrected chi connectivity index (χ1v) is 10.3. The van der Waals surface area contributed by atoms with Gasteiger partial charge in [-0.15, -0.1) is 20.5 Å². The molecule has 1 aromatic heterocycles. The van der Waals surface area contributed by atoms with Crippen LogP contribution in [0.1, 0.15) is 35.8 Å². The first-order chi connectivity index (χ1) is 14.3. The van der Waals surface area contributed by atoms with Crippen molar-refractivity contribution >= 4 is 29.0 Å². The first-order valence-electron chi connectivity index (χ1n) is 9.28. The summed E-state index contributed by atoms with van der Waals surface area (Å²) in [5.41, 5.74) is 1.12. The zero-order valence-electron chi connectivity index (χ0n) is 16.2. The summed E-state index contributed by atoms with van der Waals surface area (Å²) in [7, 11) is 1.59. The number of benzene rings is 1. The summed E-state index contributed by atoms with van der Waals surface area (Å²) in [6.45, 7) is 1.95. The second-order valence-corrected chi connectivity index (χ2v) is 8.22. The van der Waals surface area contributed by atoms with E-state index in [-0.39, 0.29) is 22.9 Å². The van der Waals surface area contributed by atoms with Gasteiger partial charge >= 0.3 is 6.29 Å². The lowest BCUT2D eigenvalue weighted by atomic mass is 9.99. The molecule has 2 N–H and O–H groups in total. The SMILES string of the molecule is CCSc1cc(C2(C#N)CC2)cnc1C(=O)Nc1cc2c(cc1NC)OC(F)(F)O2. The molecule has 4 rings (SSSR count). The number of carbonyl (C=O) groups excluding carboxylic acids is 1. The Morgan fingerprint density at radius 3 is 2.50 bits per heavy atom. The molecule has 30 heavy (non-hydrogen) atoms. The molecule has 1 aromatic carbocycles. The zero-order valence-corrected chi connectivity index (χ0v) is 17.0. The van der Waals surface area contributed by atoms with Crippen LogP contribution in [0, 0.1) is 11.3 Å². The number of aromatic nitrogens is 1. The number of hydrogen-bond donors (Lipinski definition) is 2. The second kappa shape index (κ2) is 7.32. The quantitative estimate of drug-likeness (QED) is 0.655. The molecule has 1 aliphatic heterocycles. The van der Waals surface area contributed by atoms with Gasteiger partial charge in [-0.2, -0.15) is 5.26 Å². The Hall–Kier alpha value is -3.06. The number of carbonyl (C=O) groups is 1. The van der Waals surface area contributed by atoms with E-state index in [4.69, 9.17) is 0 Å². The minimum atomic E-state index is -3.75. The molecule has 1 saturated carbocycles. The fourth-order valence-electron chi connectivity index (χ4n) is 3.22. The monoisotopic (exact) mass is 432 g/mol. The van der Waals surface area contributed by atoms with E-state index in [2.05, 4.69) is 31.2 Å². The molecule has 1 aliphatic carbocycles. The number of pyridine rings is 1. The van der Waals surface area contributed by atoms with Gasteiger partial charge in [0.15, 0.2) is 11.5 Å². The van der Waals surface area contributed by atoms with E-state index < -0.39 is 17.6 Å². The summed E-state index contributed by atoms with van der Waals surface area (Å²) in [4.78, 5) is 17.9. The summed E-state index contributed by atoms with van der Waals surface area (Å²) in [6.07, 6.45) is -0.636. The van der Waals surface area contributed by atoms with E-state index in [1.54, 1.807) is 13.2 Å². The summed E-state index contributed by atoms with van der Waals surface area (Å²) in [5.74, 6) is -0.0866. The Bertz CT molecular complexity index is 1070. The largest absolute Gasteiger partial charge is 0.586 e. The molecule has 0 saturated heterocycles. The van der Waals surface area contributed by atoms with Crippen LogP contribution in [0.3, 0.4) is 0 Å². The minimum absolute atomic E-state index is 0.127. The number of alkyl halides is 2. The number of ether oxygens (including phenoxy) is 2. The van der Waals surface area contributed by atoms with Gasteiger partial charge in [-0.25, -0.2) is 4.98 Å². The maximum Gasteiger partial charge on any atom is 0.586 e. The molecule has 2 aromatic rings. The van der Waals surface area contributed by atoms with Crippen LogP contribution in [0.4, 0.5) is 20.2 Å². The Balaban J connectivity index is 1.64. The number of hydrogen-bond acceptors (Lipinski definition) is 7. The van der Waals surface area contributed by atoms with Gasteiger partial charge in [0, 0.05) is 30.3 Å². The Morgan fingerprint density at radius 1 is 1.27 bits per heavy atom. The van der Waals surface area contributed by atoms with Gasteiger partial charge < -0.3 is 20.1 Å². The molecule has 10 heteroatoms. The van der Waals surface area contributed by atoms with Crippen molar-refractivity contribution in [3.63, 3.8) is 0 Å². The van der Waals surface area contributed by atoms with E-state index in [1.165, 1.54) is 23.9 Å². The molecule has 156 valence electrons. The van der Waals surface area contributed by atoms with Crippen molar-refractivity contribution in [2.45, 2.75) is 36.4 Å². The van der Waals surface area contributed by atoms with E-state index >= 15 is 0 Å². The molecule has 2 heterocycles. The highest BCUT2D eigenvalue weighted by Gasteiger charge is 2.46. The summed E-state index contributed by atoms with van der Waals surface area (Å²) in [5, 5.41) is 15.0. The molecule has 0 spiro atoms. The fraction of sp³-hybridized carbons (Fsp3) is 0.350. The molecule has 0 bridgehead atoms. The molecule has 0 atom stereocenters. The predicted octanol–water partition coefficient (Wildman–Crippen LogP) is 4.36. The number of nitrogens with zero attached hydrogens (tertiary/aromatic N) is 2. The van der Waals surface area contributed by atoms with Crippen LogP contribution >= 0.6 is 11.8 Å². The van der Waals surface area contributed by atoms with E-state index in [0.717, 1.165) is 18.4 Å². The number of fused-ring (bicyclic) bond motifs is 1. The van der Waals surface area contributed by atoms with Crippen molar-refractivity contribution in [1.82, 2.24) is 4.98 Å². The van der Waals surface area contributed by atoms with Crippen LogP contribution in [0.2, 0.25) is 0 Å². The summed E-state index contributed by atoms with van der Waals surface area (Å²) >= 11 is 1.45. The number of anilines is 2. The Kier molecular flexibility index (Phi) is 4.94. The molecule has 0 radical (unpaired) electrons. The van der Waals surface area contributed by atoms with Gasteiger partial charge in [0.05, 0.1) is 22.9 Å². The topological polar surface area (TPSA) is 96.3 Å². The predicted molar refractivity (Wildman–Crippen MR) is 107 cm³/mol. The number of thioether (sulfide) groups is 1. The maximum atomic E-state index is 13.4. The molecule has 1 amide bonds. The minimum Gasteiger partial charge on any atom is -0.395 e. The number of rotatable bonds is 6.